The summed E-state index contributed by atoms with van der Waals surface area (Å²) in [5.41, 5.74) is 3.65. The second-order valence-corrected chi connectivity index (χ2v) is 7.73. The van der Waals surface area contributed by atoms with Crippen LogP contribution in [-0.2, 0) is 0 Å². The summed E-state index contributed by atoms with van der Waals surface area (Å²) < 4.78 is 13.8. The second kappa shape index (κ2) is 6.78. The Hall–Kier alpha value is -2.31. The van der Waals surface area contributed by atoms with Gasteiger partial charge in [-0.1, -0.05) is 6.07 Å². The highest BCUT2D eigenvalue weighted by Crippen LogP contribution is 2.44. The molecule has 1 aliphatic heterocycles. The number of aryl methyl sites for hydroxylation is 2. The fourth-order valence-electron chi connectivity index (χ4n) is 3.37. The Morgan fingerprint density at radius 1 is 1.15 bits per heavy atom. The molecular formula is C20H18FN3S2. The average Bonchev–Trinajstić information content (AvgIpc) is 3.21. The topological polar surface area (TPSA) is 28.2 Å². The molecule has 0 radical (unpaired) electrons. The maximum atomic E-state index is 13.8. The third kappa shape index (κ3) is 2.89. The van der Waals surface area contributed by atoms with Gasteiger partial charge in [-0.3, -0.25) is 4.98 Å². The standard InChI is InChI=1S/C20H18FN3S2/c1-12-8-10-26-19(12)18-17(16-5-3-4-9-22-16)23-20(25)24(18)14-6-7-15(21)13(2)11-14/h3-11,17-18H,1-2H3,(H,23,25)/t17-,18+/m0/s1. The fourth-order valence-corrected chi connectivity index (χ4v) is 4.76. The number of hydrogen-bond donors (Lipinski definition) is 1. The van der Waals surface area contributed by atoms with Crippen LogP contribution in [0.2, 0.25) is 0 Å². The number of hydrogen-bond acceptors (Lipinski definition) is 3. The predicted molar refractivity (Wildman–Crippen MR) is 108 cm³/mol. The van der Waals surface area contributed by atoms with E-state index in [1.54, 1.807) is 30.5 Å². The van der Waals surface area contributed by atoms with E-state index in [4.69, 9.17) is 12.2 Å². The minimum atomic E-state index is -0.211. The number of halogens is 1. The Morgan fingerprint density at radius 3 is 2.65 bits per heavy atom. The van der Waals surface area contributed by atoms with Crippen LogP contribution in [-0.4, -0.2) is 10.1 Å². The van der Waals surface area contributed by atoms with Crippen molar-refractivity contribution in [2.75, 3.05) is 4.90 Å². The lowest BCUT2D eigenvalue weighted by atomic mass is 10.0. The first kappa shape index (κ1) is 17.1. The highest BCUT2D eigenvalue weighted by Gasteiger charge is 2.41. The van der Waals surface area contributed by atoms with Crippen LogP contribution in [0.4, 0.5) is 10.1 Å². The monoisotopic (exact) mass is 383 g/mol. The van der Waals surface area contributed by atoms with Gasteiger partial charge in [0.05, 0.1) is 17.8 Å². The second-order valence-electron chi connectivity index (χ2n) is 6.40. The molecule has 6 heteroatoms. The van der Waals surface area contributed by atoms with Crippen molar-refractivity contribution >= 4 is 34.4 Å². The Bertz CT molecular complexity index is 955. The molecule has 26 heavy (non-hydrogen) atoms. The van der Waals surface area contributed by atoms with Crippen LogP contribution in [0, 0.1) is 19.7 Å². The van der Waals surface area contributed by atoms with Gasteiger partial charge in [-0.25, -0.2) is 4.39 Å². The predicted octanol–water partition coefficient (Wildman–Crippen LogP) is 5.08. The quantitative estimate of drug-likeness (QED) is 0.639. The van der Waals surface area contributed by atoms with Crippen LogP contribution in [0.5, 0.6) is 0 Å². The molecule has 0 spiro atoms. The molecular weight excluding hydrogens is 365 g/mol. The SMILES string of the molecule is Cc1cc(N2C(=S)N[C@@H](c3ccccn3)[C@@H]2c2sccc2C)ccc1F. The smallest absolute Gasteiger partial charge is 0.174 e. The summed E-state index contributed by atoms with van der Waals surface area (Å²) in [7, 11) is 0. The van der Waals surface area contributed by atoms with Gasteiger partial charge < -0.3 is 10.2 Å². The molecule has 0 amide bonds. The van der Waals surface area contributed by atoms with Crippen molar-refractivity contribution in [2.45, 2.75) is 25.9 Å². The third-order valence-corrected chi connectivity index (χ3v) is 6.09. The molecule has 4 rings (SSSR count). The van der Waals surface area contributed by atoms with Gasteiger partial charge in [-0.05, 0) is 79.0 Å². The van der Waals surface area contributed by atoms with Crippen LogP contribution >= 0.6 is 23.6 Å². The lowest BCUT2D eigenvalue weighted by molar-refractivity contribution is 0.572. The molecule has 0 aliphatic carbocycles. The first-order valence-corrected chi connectivity index (χ1v) is 9.66. The largest absolute Gasteiger partial charge is 0.351 e. The first-order valence-electron chi connectivity index (χ1n) is 8.37. The lowest BCUT2D eigenvalue weighted by Gasteiger charge is -2.28. The van der Waals surface area contributed by atoms with E-state index < -0.39 is 0 Å². The molecule has 3 aromatic rings. The average molecular weight is 384 g/mol. The van der Waals surface area contributed by atoms with Gasteiger partial charge in [0, 0.05) is 16.8 Å². The zero-order valence-corrected chi connectivity index (χ0v) is 16.1. The fraction of sp³-hybridized carbons (Fsp3) is 0.200. The van der Waals surface area contributed by atoms with Gasteiger partial charge in [-0.15, -0.1) is 11.3 Å². The molecule has 1 fully saturated rings. The van der Waals surface area contributed by atoms with Crippen LogP contribution in [0.15, 0.2) is 54.0 Å². The maximum absolute atomic E-state index is 13.8. The summed E-state index contributed by atoms with van der Waals surface area (Å²) in [4.78, 5) is 7.86. The van der Waals surface area contributed by atoms with Gasteiger partial charge in [-0.2, -0.15) is 0 Å². The van der Waals surface area contributed by atoms with Crippen molar-refractivity contribution in [3.05, 3.63) is 81.6 Å². The number of rotatable bonds is 3. The molecule has 132 valence electrons. The first-order chi connectivity index (χ1) is 12.6. The third-order valence-electron chi connectivity index (χ3n) is 4.69. The van der Waals surface area contributed by atoms with Crippen LogP contribution in [0.3, 0.4) is 0 Å². The van der Waals surface area contributed by atoms with E-state index in [9.17, 15) is 4.39 Å². The van der Waals surface area contributed by atoms with Crippen molar-refractivity contribution < 1.29 is 4.39 Å². The number of thiocarbonyl (C=S) groups is 1. The van der Waals surface area contributed by atoms with E-state index in [1.807, 2.05) is 24.3 Å². The molecule has 1 aliphatic rings. The summed E-state index contributed by atoms with van der Waals surface area (Å²) in [6, 6.07) is 13.1. The molecule has 0 bridgehead atoms. The van der Waals surface area contributed by atoms with Crippen molar-refractivity contribution in [1.29, 1.82) is 0 Å². The summed E-state index contributed by atoms with van der Waals surface area (Å²) >= 11 is 7.38. The molecule has 0 unspecified atom stereocenters. The molecule has 3 heterocycles. The number of aromatic nitrogens is 1. The van der Waals surface area contributed by atoms with E-state index in [-0.39, 0.29) is 17.9 Å². The molecule has 3 nitrogen and oxygen atoms in total. The highest BCUT2D eigenvalue weighted by molar-refractivity contribution is 7.80. The van der Waals surface area contributed by atoms with Crippen molar-refractivity contribution in [3.8, 4) is 0 Å². The number of benzene rings is 1. The van der Waals surface area contributed by atoms with Gasteiger partial charge in [0.1, 0.15) is 5.82 Å². The minimum absolute atomic E-state index is 0.0257. The minimum Gasteiger partial charge on any atom is -0.351 e. The van der Waals surface area contributed by atoms with Crippen molar-refractivity contribution in [2.24, 2.45) is 0 Å². The van der Waals surface area contributed by atoms with E-state index in [1.165, 1.54) is 16.5 Å². The van der Waals surface area contributed by atoms with E-state index in [0.717, 1.165) is 11.4 Å². The van der Waals surface area contributed by atoms with Crippen LogP contribution in [0.1, 0.15) is 33.8 Å². The summed E-state index contributed by atoms with van der Waals surface area (Å²) in [6.45, 7) is 3.88. The Kier molecular flexibility index (Phi) is 4.46. The molecule has 0 saturated carbocycles. The molecule has 1 aromatic carbocycles. The number of nitrogens with one attached hydrogen (secondary N) is 1. The Balaban J connectivity index is 1.85. The number of anilines is 1. The molecule has 1 N–H and O–H groups in total. The number of pyridine rings is 1. The van der Waals surface area contributed by atoms with Gasteiger partial charge >= 0.3 is 0 Å². The van der Waals surface area contributed by atoms with Gasteiger partial charge in [0.15, 0.2) is 5.11 Å². The zero-order valence-electron chi connectivity index (χ0n) is 14.4. The summed E-state index contributed by atoms with van der Waals surface area (Å²) in [5, 5.41) is 6.15. The van der Waals surface area contributed by atoms with Crippen molar-refractivity contribution in [3.63, 3.8) is 0 Å². The summed E-state index contributed by atoms with van der Waals surface area (Å²) in [5.74, 6) is -0.211. The van der Waals surface area contributed by atoms with Gasteiger partial charge in [0.25, 0.3) is 0 Å². The van der Waals surface area contributed by atoms with E-state index >= 15 is 0 Å². The number of thiophene rings is 1. The van der Waals surface area contributed by atoms with Gasteiger partial charge in [0.2, 0.25) is 0 Å². The van der Waals surface area contributed by atoms with Crippen LogP contribution in [0.25, 0.3) is 0 Å². The Morgan fingerprint density at radius 2 is 2.00 bits per heavy atom. The maximum Gasteiger partial charge on any atom is 0.174 e. The summed E-state index contributed by atoms with van der Waals surface area (Å²) in [6.07, 6.45) is 1.79. The zero-order chi connectivity index (χ0) is 18.3. The highest BCUT2D eigenvalue weighted by atomic mass is 32.1. The van der Waals surface area contributed by atoms with Crippen LogP contribution < -0.4 is 10.2 Å². The Labute approximate surface area is 161 Å². The molecule has 2 atom stereocenters. The lowest BCUT2D eigenvalue weighted by Crippen LogP contribution is -2.29. The van der Waals surface area contributed by atoms with E-state index in [0.29, 0.717) is 10.7 Å². The molecule has 2 aromatic heterocycles. The number of nitrogens with zero attached hydrogens (tertiary/aromatic N) is 2. The molecule has 1 saturated heterocycles. The van der Waals surface area contributed by atoms with Crippen molar-refractivity contribution in [1.82, 2.24) is 10.3 Å². The van der Waals surface area contributed by atoms with E-state index in [2.05, 4.69) is 33.6 Å². The normalized spacial score (nSPS) is 19.7.